The Labute approximate surface area is 96.4 Å². The smallest absolute Gasteiger partial charge is 0.496 e. The second-order valence-corrected chi connectivity index (χ2v) is 4.84. The van der Waals surface area contributed by atoms with Gasteiger partial charge in [-0.25, -0.2) is 13.1 Å². The highest BCUT2D eigenvalue weighted by molar-refractivity contribution is 7.90. The Morgan fingerprint density at radius 2 is 1.88 bits per heavy atom. The summed E-state index contributed by atoms with van der Waals surface area (Å²) in [4.78, 5) is 0. The van der Waals surface area contributed by atoms with Crippen molar-refractivity contribution in [2.24, 2.45) is 0 Å². The minimum atomic E-state index is -5.33. The molecule has 0 bridgehead atoms. The molecule has 96 valence electrons. The van der Waals surface area contributed by atoms with Gasteiger partial charge in [0.2, 0.25) is 0 Å². The molecule has 1 aromatic rings. The van der Waals surface area contributed by atoms with Crippen molar-refractivity contribution in [1.82, 2.24) is 4.72 Å². The van der Waals surface area contributed by atoms with E-state index in [1.807, 2.05) is 0 Å². The van der Waals surface area contributed by atoms with Gasteiger partial charge in [0.1, 0.15) is 5.75 Å². The number of hydrogen-bond acceptors (Lipinski definition) is 3. The maximum atomic E-state index is 12.0. The summed E-state index contributed by atoms with van der Waals surface area (Å²) in [5.41, 5.74) is -4.99. The summed E-state index contributed by atoms with van der Waals surface area (Å²) >= 11 is 0. The lowest BCUT2D eigenvalue weighted by molar-refractivity contribution is -0.0448. The fourth-order valence-electron chi connectivity index (χ4n) is 1.10. The van der Waals surface area contributed by atoms with Crippen molar-refractivity contribution < 1.29 is 26.3 Å². The van der Waals surface area contributed by atoms with E-state index in [1.54, 1.807) is 12.1 Å². The van der Waals surface area contributed by atoms with E-state index in [2.05, 4.69) is 0 Å². The Bertz CT molecular complexity index is 485. The first-order chi connectivity index (χ1) is 7.78. The van der Waals surface area contributed by atoms with Gasteiger partial charge in [-0.2, -0.15) is 13.2 Å². The number of hydrogen-bond donors (Lipinski definition) is 1. The van der Waals surface area contributed by atoms with Crippen molar-refractivity contribution in [3.05, 3.63) is 29.8 Å². The number of halogens is 3. The SMILES string of the molecule is COc1ccccc1CNS(=O)(=O)C(F)(F)F. The van der Waals surface area contributed by atoms with Crippen LogP contribution in [0.5, 0.6) is 5.75 Å². The van der Waals surface area contributed by atoms with Crippen LogP contribution in [-0.4, -0.2) is 21.0 Å². The fraction of sp³-hybridized carbons (Fsp3) is 0.333. The van der Waals surface area contributed by atoms with Crippen LogP contribution in [0.1, 0.15) is 5.56 Å². The molecule has 0 aromatic heterocycles. The molecule has 0 saturated heterocycles. The van der Waals surface area contributed by atoms with Crippen molar-refractivity contribution in [2.75, 3.05) is 7.11 Å². The van der Waals surface area contributed by atoms with Crippen molar-refractivity contribution in [2.45, 2.75) is 12.1 Å². The predicted molar refractivity (Wildman–Crippen MR) is 54.8 cm³/mol. The quantitative estimate of drug-likeness (QED) is 0.904. The molecule has 0 spiro atoms. The summed E-state index contributed by atoms with van der Waals surface area (Å²) in [6, 6.07) is 6.19. The molecule has 1 N–H and O–H groups in total. The highest BCUT2D eigenvalue weighted by Gasteiger charge is 2.45. The number of ether oxygens (including phenoxy) is 1. The Morgan fingerprint density at radius 1 is 1.29 bits per heavy atom. The van der Waals surface area contributed by atoms with Gasteiger partial charge in [-0.05, 0) is 6.07 Å². The molecule has 0 aliphatic heterocycles. The molecule has 0 amide bonds. The molecule has 1 rings (SSSR count). The third-order valence-electron chi connectivity index (χ3n) is 1.95. The summed E-state index contributed by atoms with van der Waals surface area (Å²) < 4.78 is 63.9. The van der Waals surface area contributed by atoms with E-state index in [0.717, 1.165) is 0 Å². The molecule has 0 atom stereocenters. The van der Waals surface area contributed by atoms with Crippen LogP contribution in [0, 0.1) is 0 Å². The molecular formula is C9H10F3NO3S. The van der Waals surface area contributed by atoms with Crippen LogP contribution in [0.25, 0.3) is 0 Å². The zero-order valence-corrected chi connectivity index (χ0v) is 9.60. The first-order valence-corrected chi connectivity index (χ1v) is 5.94. The monoisotopic (exact) mass is 269 g/mol. The van der Waals surface area contributed by atoms with Crippen LogP contribution in [0.15, 0.2) is 24.3 Å². The van der Waals surface area contributed by atoms with Crippen molar-refractivity contribution in [1.29, 1.82) is 0 Å². The molecule has 0 fully saturated rings. The number of para-hydroxylation sites is 1. The Kier molecular flexibility index (Phi) is 3.99. The number of alkyl halides is 3. The molecule has 1 aromatic carbocycles. The largest absolute Gasteiger partial charge is 0.511 e. The lowest BCUT2D eigenvalue weighted by atomic mass is 10.2. The number of rotatable bonds is 4. The molecule has 17 heavy (non-hydrogen) atoms. The molecule has 0 heterocycles. The van der Waals surface area contributed by atoms with Crippen molar-refractivity contribution >= 4 is 10.0 Å². The lowest BCUT2D eigenvalue weighted by Gasteiger charge is -2.11. The molecule has 0 aliphatic carbocycles. The van der Waals surface area contributed by atoms with E-state index < -0.39 is 22.1 Å². The Hall–Kier alpha value is -1.28. The van der Waals surface area contributed by atoms with Crippen LogP contribution >= 0.6 is 0 Å². The van der Waals surface area contributed by atoms with Gasteiger partial charge in [0.05, 0.1) is 7.11 Å². The summed E-state index contributed by atoms with van der Waals surface area (Å²) in [5.74, 6) is 0.317. The second kappa shape index (κ2) is 4.92. The minimum absolute atomic E-state index is 0.317. The van der Waals surface area contributed by atoms with Gasteiger partial charge in [0.25, 0.3) is 0 Å². The third-order valence-corrected chi connectivity index (χ3v) is 3.08. The average molecular weight is 269 g/mol. The number of benzene rings is 1. The number of methoxy groups -OCH3 is 1. The average Bonchev–Trinajstić information content (AvgIpc) is 2.25. The number of nitrogens with one attached hydrogen (secondary N) is 1. The third kappa shape index (κ3) is 3.34. The fourth-order valence-corrected chi connectivity index (χ4v) is 1.61. The van der Waals surface area contributed by atoms with Gasteiger partial charge in [-0.15, -0.1) is 0 Å². The Morgan fingerprint density at radius 3 is 2.41 bits per heavy atom. The van der Waals surface area contributed by atoms with Gasteiger partial charge >= 0.3 is 15.5 Å². The van der Waals surface area contributed by atoms with Crippen molar-refractivity contribution in [3.63, 3.8) is 0 Å². The molecule has 8 heteroatoms. The molecular weight excluding hydrogens is 259 g/mol. The van der Waals surface area contributed by atoms with Crippen LogP contribution in [-0.2, 0) is 16.6 Å². The van der Waals surface area contributed by atoms with Gasteiger partial charge in [-0.3, -0.25) is 0 Å². The van der Waals surface area contributed by atoms with E-state index in [0.29, 0.717) is 11.3 Å². The standard InChI is InChI=1S/C9H10F3NO3S/c1-16-8-5-3-2-4-7(8)6-13-17(14,15)9(10,11)12/h2-5,13H,6H2,1H3. The molecule has 0 radical (unpaired) electrons. The zero-order chi connectivity index (χ0) is 13.1. The van der Waals surface area contributed by atoms with E-state index in [9.17, 15) is 21.6 Å². The topological polar surface area (TPSA) is 55.4 Å². The van der Waals surface area contributed by atoms with E-state index >= 15 is 0 Å². The predicted octanol–water partition coefficient (Wildman–Crippen LogP) is 1.63. The van der Waals surface area contributed by atoms with Crippen LogP contribution in [0.4, 0.5) is 13.2 Å². The molecule has 0 saturated carbocycles. The highest BCUT2D eigenvalue weighted by Crippen LogP contribution is 2.23. The van der Waals surface area contributed by atoms with Crippen LogP contribution < -0.4 is 9.46 Å². The van der Waals surface area contributed by atoms with Gasteiger partial charge in [-0.1, -0.05) is 18.2 Å². The first kappa shape index (κ1) is 13.8. The summed E-state index contributed by atoms with van der Waals surface area (Å²) in [6.07, 6.45) is 0. The van der Waals surface area contributed by atoms with Crippen molar-refractivity contribution in [3.8, 4) is 5.75 Å². The van der Waals surface area contributed by atoms with E-state index in [1.165, 1.54) is 24.0 Å². The maximum absolute atomic E-state index is 12.0. The van der Waals surface area contributed by atoms with Gasteiger partial charge < -0.3 is 4.74 Å². The van der Waals surface area contributed by atoms with E-state index in [-0.39, 0.29) is 0 Å². The maximum Gasteiger partial charge on any atom is 0.511 e. The van der Waals surface area contributed by atoms with Gasteiger partial charge in [0.15, 0.2) is 0 Å². The second-order valence-electron chi connectivity index (χ2n) is 3.08. The first-order valence-electron chi connectivity index (χ1n) is 4.46. The molecule has 0 aliphatic rings. The molecule has 0 unspecified atom stereocenters. The minimum Gasteiger partial charge on any atom is -0.496 e. The van der Waals surface area contributed by atoms with Gasteiger partial charge in [0, 0.05) is 12.1 Å². The Balaban J connectivity index is 2.82. The normalized spacial score (nSPS) is 12.5. The number of sulfonamides is 1. The lowest BCUT2D eigenvalue weighted by Crippen LogP contribution is -2.36. The zero-order valence-electron chi connectivity index (χ0n) is 8.78. The summed E-state index contributed by atoms with van der Waals surface area (Å²) in [7, 11) is -3.98. The van der Waals surface area contributed by atoms with E-state index in [4.69, 9.17) is 4.74 Å². The van der Waals surface area contributed by atoms with Crippen LogP contribution in [0.3, 0.4) is 0 Å². The molecule has 4 nitrogen and oxygen atoms in total. The van der Waals surface area contributed by atoms with Crippen LogP contribution in [0.2, 0.25) is 0 Å². The summed E-state index contributed by atoms with van der Waals surface area (Å²) in [6.45, 7) is -0.480. The highest BCUT2D eigenvalue weighted by atomic mass is 32.2. The summed E-state index contributed by atoms with van der Waals surface area (Å²) in [5, 5.41) is 0.